The number of nitro benzene ring substituents is 1. The second-order valence-corrected chi connectivity index (χ2v) is 4.37. The molecule has 0 bridgehead atoms. The molecule has 6 heteroatoms. The van der Waals surface area contributed by atoms with E-state index in [4.69, 9.17) is 10.5 Å². The summed E-state index contributed by atoms with van der Waals surface area (Å²) in [6.45, 7) is 3.27. The van der Waals surface area contributed by atoms with Crippen molar-refractivity contribution in [1.82, 2.24) is 4.90 Å². The Balaban J connectivity index is 2.79. The number of nitrogen functional groups attached to an aromatic ring is 1. The van der Waals surface area contributed by atoms with Crippen molar-refractivity contribution in [2.45, 2.75) is 19.5 Å². The third-order valence-corrected chi connectivity index (χ3v) is 2.88. The van der Waals surface area contributed by atoms with Gasteiger partial charge in [-0.05, 0) is 25.6 Å². The van der Waals surface area contributed by atoms with Crippen molar-refractivity contribution in [2.75, 3.05) is 26.5 Å². The molecule has 2 N–H and O–H groups in total. The van der Waals surface area contributed by atoms with Crippen molar-refractivity contribution in [2.24, 2.45) is 0 Å². The summed E-state index contributed by atoms with van der Waals surface area (Å²) in [5.74, 6) is 0. The summed E-state index contributed by atoms with van der Waals surface area (Å²) >= 11 is 0. The largest absolute Gasteiger partial charge is 0.393 e. The highest BCUT2D eigenvalue weighted by Crippen LogP contribution is 2.23. The Hall–Kier alpha value is -1.66. The normalized spacial score (nSPS) is 12.7. The first-order chi connectivity index (χ1) is 8.45. The van der Waals surface area contributed by atoms with Gasteiger partial charge in [-0.2, -0.15) is 0 Å². The van der Waals surface area contributed by atoms with Crippen LogP contribution in [0.4, 0.5) is 11.4 Å². The first-order valence-electron chi connectivity index (χ1n) is 5.67. The van der Waals surface area contributed by atoms with Crippen molar-refractivity contribution in [3.63, 3.8) is 0 Å². The van der Waals surface area contributed by atoms with Gasteiger partial charge in [-0.15, -0.1) is 0 Å². The predicted molar refractivity (Wildman–Crippen MR) is 70.3 cm³/mol. The second-order valence-electron chi connectivity index (χ2n) is 4.37. The maximum absolute atomic E-state index is 10.8. The third-order valence-electron chi connectivity index (χ3n) is 2.88. The molecule has 0 saturated carbocycles. The summed E-state index contributed by atoms with van der Waals surface area (Å²) in [6.07, 6.45) is 0. The second kappa shape index (κ2) is 6.32. The number of methoxy groups -OCH3 is 1. The predicted octanol–water partition coefficient (Wildman–Crippen LogP) is 1.64. The van der Waals surface area contributed by atoms with Crippen LogP contribution in [-0.4, -0.2) is 36.6 Å². The molecule has 0 spiro atoms. The molecule has 1 aromatic rings. The van der Waals surface area contributed by atoms with Gasteiger partial charge in [0.25, 0.3) is 5.69 Å². The van der Waals surface area contributed by atoms with Crippen LogP contribution >= 0.6 is 0 Å². The van der Waals surface area contributed by atoms with Crippen LogP contribution in [0.3, 0.4) is 0 Å². The Labute approximate surface area is 106 Å². The summed E-state index contributed by atoms with van der Waals surface area (Å²) in [5.41, 5.74) is 6.57. The lowest BCUT2D eigenvalue weighted by molar-refractivity contribution is -0.384. The van der Waals surface area contributed by atoms with Gasteiger partial charge in [0.2, 0.25) is 0 Å². The van der Waals surface area contributed by atoms with E-state index in [9.17, 15) is 10.1 Å². The summed E-state index contributed by atoms with van der Waals surface area (Å²) in [7, 11) is 3.60. The fourth-order valence-corrected chi connectivity index (χ4v) is 1.66. The minimum absolute atomic E-state index is 0.0414. The molecule has 1 aromatic carbocycles. The van der Waals surface area contributed by atoms with E-state index in [-0.39, 0.29) is 17.4 Å². The van der Waals surface area contributed by atoms with Crippen molar-refractivity contribution < 1.29 is 9.66 Å². The van der Waals surface area contributed by atoms with Crippen LogP contribution in [0.15, 0.2) is 18.2 Å². The van der Waals surface area contributed by atoms with Crippen LogP contribution in [0.5, 0.6) is 0 Å². The van der Waals surface area contributed by atoms with Gasteiger partial charge in [-0.1, -0.05) is 6.07 Å². The zero-order chi connectivity index (χ0) is 13.7. The number of nitrogens with two attached hydrogens (primary N) is 1. The standard InChI is InChI=1S/C12H19N3O3/c1-9(8-18-3)14(2)7-10-4-5-11(13)12(6-10)15(16)17/h4-6,9H,7-8,13H2,1-3H3. The van der Waals surface area contributed by atoms with E-state index in [1.807, 2.05) is 14.0 Å². The molecule has 0 aliphatic rings. The Morgan fingerprint density at radius 3 is 2.78 bits per heavy atom. The maximum atomic E-state index is 10.8. The van der Waals surface area contributed by atoms with Gasteiger partial charge in [0, 0.05) is 25.8 Å². The molecule has 0 aliphatic carbocycles. The summed E-state index contributed by atoms with van der Waals surface area (Å²) in [5, 5.41) is 10.8. The number of nitrogens with zero attached hydrogens (tertiary/aromatic N) is 2. The highest BCUT2D eigenvalue weighted by Gasteiger charge is 2.14. The summed E-state index contributed by atoms with van der Waals surface area (Å²) < 4.78 is 5.07. The molecular weight excluding hydrogens is 234 g/mol. The molecular formula is C12H19N3O3. The number of anilines is 1. The number of hydrogen-bond donors (Lipinski definition) is 1. The Kier molecular flexibility index (Phi) is 5.06. The lowest BCUT2D eigenvalue weighted by Crippen LogP contribution is -2.32. The SMILES string of the molecule is COCC(C)N(C)Cc1ccc(N)c([N+](=O)[O-])c1. The Morgan fingerprint density at radius 1 is 1.56 bits per heavy atom. The average Bonchev–Trinajstić information content (AvgIpc) is 2.31. The molecule has 1 rings (SSSR count). The van der Waals surface area contributed by atoms with Gasteiger partial charge in [0.1, 0.15) is 5.69 Å². The molecule has 0 fully saturated rings. The van der Waals surface area contributed by atoms with Gasteiger partial charge in [0.05, 0.1) is 11.5 Å². The quantitative estimate of drug-likeness (QED) is 0.473. The van der Waals surface area contributed by atoms with Crippen LogP contribution < -0.4 is 5.73 Å². The first-order valence-corrected chi connectivity index (χ1v) is 5.67. The first kappa shape index (κ1) is 14.4. The maximum Gasteiger partial charge on any atom is 0.292 e. The highest BCUT2D eigenvalue weighted by molar-refractivity contribution is 5.59. The highest BCUT2D eigenvalue weighted by atomic mass is 16.6. The van der Waals surface area contributed by atoms with Crippen molar-refractivity contribution in [1.29, 1.82) is 0 Å². The zero-order valence-corrected chi connectivity index (χ0v) is 10.9. The zero-order valence-electron chi connectivity index (χ0n) is 10.9. The van der Waals surface area contributed by atoms with Gasteiger partial charge in [0.15, 0.2) is 0 Å². The van der Waals surface area contributed by atoms with Gasteiger partial charge in [-0.3, -0.25) is 15.0 Å². The number of ether oxygens (including phenoxy) is 1. The minimum Gasteiger partial charge on any atom is -0.393 e. The van der Waals surface area contributed by atoms with E-state index in [0.29, 0.717) is 13.2 Å². The fraction of sp³-hybridized carbons (Fsp3) is 0.500. The summed E-state index contributed by atoms with van der Waals surface area (Å²) in [4.78, 5) is 12.4. The van der Waals surface area contributed by atoms with E-state index >= 15 is 0 Å². The smallest absolute Gasteiger partial charge is 0.292 e. The molecule has 0 aromatic heterocycles. The van der Waals surface area contributed by atoms with Crippen molar-refractivity contribution in [3.8, 4) is 0 Å². The molecule has 0 radical (unpaired) electrons. The van der Waals surface area contributed by atoms with Crippen LogP contribution in [0, 0.1) is 10.1 Å². The van der Waals surface area contributed by atoms with Gasteiger partial charge < -0.3 is 10.5 Å². The molecule has 0 amide bonds. The van der Waals surface area contributed by atoms with E-state index in [0.717, 1.165) is 5.56 Å². The average molecular weight is 253 g/mol. The van der Waals surface area contributed by atoms with E-state index in [1.54, 1.807) is 19.2 Å². The van der Waals surface area contributed by atoms with Crippen LogP contribution in [0.2, 0.25) is 0 Å². The molecule has 0 heterocycles. The third kappa shape index (κ3) is 3.68. The Morgan fingerprint density at radius 2 is 2.22 bits per heavy atom. The van der Waals surface area contributed by atoms with Crippen LogP contribution in [-0.2, 0) is 11.3 Å². The topological polar surface area (TPSA) is 81.6 Å². The van der Waals surface area contributed by atoms with E-state index < -0.39 is 4.92 Å². The molecule has 18 heavy (non-hydrogen) atoms. The molecule has 0 aliphatic heterocycles. The lowest BCUT2D eigenvalue weighted by Gasteiger charge is -2.23. The summed E-state index contributed by atoms with van der Waals surface area (Å²) in [6, 6.07) is 5.14. The van der Waals surface area contributed by atoms with Crippen LogP contribution in [0.1, 0.15) is 12.5 Å². The number of nitro groups is 1. The monoisotopic (exact) mass is 253 g/mol. The van der Waals surface area contributed by atoms with Gasteiger partial charge >= 0.3 is 0 Å². The number of benzene rings is 1. The van der Waals surface area contributed by atoms with E-state index in [2.05, 4.69) is 4.90 Å². The minimum atomic E-state index is -0.461. The van der Waals surface area contributed by atoms with E-state index in [1.165, 1.54) is 6.07 Å². The molecule has 1 atom stereocenters. The number of likely N-dealkylation sites (N-methyl/N-ethyl adjacent to an activating group) is 1. The van der Waals surface area contributed by atoms with Gasteiger partial charge in [-0.25, -0.2) is 0 Å². The van der Waals surface area contributed by atoms with Crippen LogP contribution in [0.25, 0.3) is 0 Å². The lowest BCUT2D eigenvalue weighted by atomic mass is 10.1. The number of hydrogen-bond acceptors (Lipinski definition) is 5. The Bertz CT molecular complexity index is 423. The molecule has 0 saturated heterocycles. The number of rotatable bonds is 6. The molecule has 100 valence electrons. The fourth-order valence-electron chi connectivity index (χ4n) is 1.66. The molecule has 1 unspecified atom stereocenters. The molecule has 6 nitrogen and oxygen atoms in total. The van der Waals surface area contributed by atoms with Crippen molar-refractivity contribution >= 4 is 11.4 Å². The van der Waals surface area contributed by atoms with Crippen molar-refractivity contribution in [3.05, 3.63) is 33.9 Å².